The van der Waals surface area contributed by atoms with Crippen LogP contribution in [0.1, 0.15) is 0 Å². The Hall–Kier alpha value is -3.73. The number of halogens is 3. The highest BCUT2D eigenvalue weighted by Gasteiger charge is 2.31. The van der Waals surface area contributed by atoms with Crippen molar-refractivity contribution in [2.24, 2.45) is 0 Å². The number of hydrogen-bond donors (Lipinski definition) is 1. The monoisotopic (exact) mass is 463 g/mol. The Morgan fingerprint density at radius 3 is 2.44 bits per heavy atom. The maximum absolute atomic E-state index is 12.8. The number of rotatable bonds is 6. The lowest BCUT2D eigenvalue weighted by molar-refractivity contribution is -0.274. The second-order valence-electron chi connectivity index (χ2n) is 6.63. The van der Waals surface area contributed by atoms with Gasteiger partial charge in [-0.1, -0.05) is 6.07 Å². The van der Waals surface area contributed by atoms with Gasteiger partial charge in [0.2, 0.25) is 0 Å². The first-order chi connectivity index (χ1) is 15.1. The van der Waals surface area contributed by atoms with Gasteiger partial charge in [0.25, 0.3) is 10.0 Å². The average Bonchev–Trinajstić information content (AvgIpc) is 3.17. The molecule has 2 aromatic carbocycles. The van der Waals surface area contributed by atoms with Gasteiger partial charge in [-0.15, -0.1) is 13.2 Å². The molecule has 2 aromatic heterocycles. The minimum absolute atomic E-state index is 0.151. The zero-order valence-electron chi connectivity index (χ0n) is 16.5. The number of ether oxygens (including phenoxy) is 2. The number of sulfonamides is 1. The molecule has 4 aromatic rings. The van der Waals surface area contributed by atoms with Gasteiger partial charge in [-0.2, -0.15) is 0 Å². The molecule has 0 aliphatic heterocycles. The highest BCUT2D eigenvalue weighted by atomic mass is 32.2. The molecule has 0 unspecified atom stereocenters. The first-order valence-electron chi connectivity index (χ1n) is 9.15. The SMILES string of the molecule is COc1ccc(-c2cn3ccccc3n2)cc1NS(=O)(=O)c1ccc(OC(F)(F)F)cc1. The highest BCUT2D eigenvalue weighted by Crippen LogP contribution is 2.32. The van der Waals surface area contributed by atoms with Gasteiger partial charge >= 0.3 is 6.36 Å². The van der Waals surface area contributed by atoms with Gasteiger partial charge in [-0.25, -0.2) is 13.4 Å². The summed E-state index contributed by atoms with van der Waals surface area (Å²) in [6.45, 7) is 0. The average molecular weight is 463 g/mol. The van der Waals surface area contributed by atoms with Crippen LogP contribution in [0.5, 0.6) is 11.5 Å². The normalized spacial score (nSPS) is 12.0. The van der Waals surface area contributed by atoms with Gasteiger partial charge in [0.15, 0.2) is 0 Å². The molecule has 0 fully saturated rings. The van der Waals surface area contributed by atoms with Gasteiger partial charge in [0, 0.05) is 18.0 Å². The van der Waals surface area contributed by atoms with E-state index >= 15 is 0 Å². The zero-order valence-corrected chi connectivity index (χ0v) is 17.3. The first kappa shape index (κ1) is 21.5. The summed E-state index contributed by atoms with van der Waals surface area (Å²) in [5.74, 6) is -0.263. The van der Waals surface area contributed by atoms with Crippen LogP contribution in [0.25, 0.3) is 16.9 Å². The predicted molar refractivity (Wildman–Crippen MR) is 111 cm³/mol. The van der Waals surface area contributed by atoms with Crippen molar-refractivity contribution in [3.8, 4) is 22.8 Å². The number of hydrogen-bond acceptors (Lipinski definition) is 5. The van der Waals surface area contributed by atoms with Gasteiger partial charge in [-0.3, -0.25) is 4.72 Å². The summed E-state index contributed by atoms with van der Waals surface area (Å²) >= 11 is 0. The molecule has 1 N–H and O–H groups in total. The molecule has 0 radical (unpaired) electrons. The third-order valence-electron chi connectivity index (χ3n) is 4.47. The third kappa shape index (κ3) is 4.62. The summed E-state index contributed by atoms with van der Waals surface area (Å²) in [6, 6.07) is 14.3. The van der Waals surface area contributed by atoms with Crippen LogP contribution in [0.2, 0.25) is 0 Å². The Kier molecular flexibility index (Phi) is 5.43. The number of alkyl halides is 3. The van der Waals surface area contributed by atoms with E-state index in [0.717, 1.165) is 29.9 Å². The minimum Gasteiger partial charge on any atom is -0.495 e. The summed E-state index contributed by atoms with van der Waals surface area (Å²) < 4.78 is 75.8. The van der Waals surface area contributed by atoms with E-state index < -0.39 is 22.1 Å². The quantitative estimate of drug-likeness (QED) is 0.448. The van der Waals surface area contributed by atoms with Crippen molar-refractivity contribution in [2.75, 3.05) is 11.8 Å². The Balaban J connectivity index is 1.64. The van der Waals surface area contributed by atoms with Crippen molar-refractivity contribution >= 4 is 21.4 Å². The fraction of sp³-hybridized carbons (Fsp3) is 0.0952. The molecule has 7 nitrogen and oxygen atoms in total. The van der Waals surface area contributed by atoms with Crippen molar-refractivity contribution in [2.45, 2.75) is 11.3 Å². The maximum Gasteiger partial charge on any atom is 0.573 e. The van der Waals surface area contributed by atoms with E-state index in [9.17, 15) is 21.6 Å². The zero-order chi connectivity index (χ0) is 22.9. The maximum atomic E-state index is 12.8. The standard InChI is InChI=1S/C21H16F3N3O4S/c1-30-19-10-5-14(18-13-27-11-3-2-4-20(27)25-18)12-17(19)26-32(28,29)16-8-6-15(7-9-16)31-21(22,23)24/h2-13,26H,1H3. The van der Waals surface area contributed by atoms with E-state index in [1.807, 2.05) is 28.8 Å². The van der Waals surface area contributed by atoms with E-state index in [-0.39, 0.29) is 16.3 Å². The number of pyridine rings is 1. The van der Waals surface area contributed by atoms with Crippen molar-refractivity contribution in [1.29, 1.82) is 0 Å². The minimum atomic E-state index is -4.87. The van der Waals surface area contributed by atoms with Crippen LogP contribution >= 0.6 is 0 Å². The van der Waals surface area contributed by atoms with Crippen LogP contribution < -0.4 is 14.2 Å². The van der Waals surface area contributed by atoms with Crippen LogP contribution in [0.15, 0.2) is 78.0 Å². The fourth-order valence-corrected chi connectivity index (χ4v) is 4.11. The summed E-state index contributed by atoms with van der Waals surface area (Å²) in [6.07, 6.45) is -1.23. The summed E-state index contributed by atoms with van der Waals surface area (Å²) in [5, 5.41) is 0. The van der Waals surface area contributed by atoms with E-state index in [4.69, 9.17) is 4.74 Å². The first-order valence-corrected chi connectivity index (χ1v) is 10.6. The van der Waals surface area contributed by atoms with Gasteiger partial charge in [0.1, 0.15) is 17.1 Å². The van der Waals surface area contributed by atoms with Gasteiger partial charge in [-0.05, 0) is 54.6 Å². The van der Waals surface area contributed by atoms with Crippen molar-refractivity contribution in [3.63, 3.8) is 0 Å². The van der Waals surface area contributed by atoms with Crippen molar-refractivity contribution in [1.82, 2.24) is 9.38 Å². The smallest absolute Gasteiger partial charge is 0.495 e. The van der Waals surface area contributed by atoms with Gasteiger partial charge < -0.3 is 13.9 Å². The molecule has 0 saturated heterocycles. The molecule has 0 spiro atoms. The Bertz CT molecular complexity index is 1330. The molecule has 0 amide bonds. The van der Waals surface area contributed by atoms with E-state index in [2.05, 4.69) is 14.4 Å². The van der Waals surface area contributed by atoms with E-state index in [1.165, 1.54) is 7.11 Å². The molecule has 0 aliphatic carbocycles. The number of benzene rings is 2. The molecule has 11 heteroatoms. The van der Waals surface area contributed by atoms with Crippen molar-refractivity contribution in [3.05, 3.63) is 73.1 Å². The molecule has 166 valence electrons. The molecule has 2 heterocycles. The lowest BCUT2D eigenvalue weighted by Crippen LogP contribution is -2.17. The number of fused-ring (bicyclic) bond motifs is 1. The summed E-state index contributed by atoms with van der Waals surface area (Å²) in [7, 11) is -2.73. The lowest BCUT2D eigenvalue weighted by atomic mass is 10.1. The van der Waals surface area contributed by atoms with E-state index in [0.29, 0.717) is 11.3 Å². The number of imidazole rings is 1. The van der Waals surface area contributed by atoms with Crippen molar-refractivity contribution < 1.29 is 31.1 Å². The molecule has 0 aliphatic rings. The summed E-state index contributed by atoms with van der Waals surface area (Å²) in [4.78, 5) is 4.27. The van der Waals surface area contributed by atoms with Crippen LogP contribution in [0.3, 0.4) is 0 Å². The lowest BCUT2D eigenvalue weighted by Gasteiger charge is -2.14. The molecule has 0 atom stereocenters. The molecule has 0 saturated carbocycles. The molecule has 4 rings (SSSR count). The number of nitrogens with one attached hydrogen (secondary N) is 1. The predicted octanol–water partition coefficient (Wildman–Crippen LogP) is 4.71. The Morgan fingerprint density at radius 1 is 1.03 bits per heavy atom. The topological polar surface area (TPSA) is 81.9 Å². The molecule has 0 bridgehead atoms. The van der Waals surface area contributed by atoms with Gasteiger partial charge in [0.05, 0.1) is 23.4 Å². The largest absolute Gasteiger partial charge is 0.573 e. The number of methoxy groups -OCH3 is 1. The second kappa shape index (κ2) is 8.08. The Morgan fingerprint density at radius 2 is 1.78 bits per heavy atom. The second-order valence-corrected chi connectivity index (χ2v) is 8.31. The van der Waals surface area contributed by atoms with Crippen LogP contribution in [-0.2, 0) is 10.0 Å². The fourth-order valence-electron chi connectivity index (χ4n) is 3.04. The molecular formula is C21H16F3N3O4S. The highest BCUT2D eigenvalue weighted by molar-refractivity contribution is 7.92. The summed E-state index contributed by atoms with van der Waals surface area (Å²) in [5.41, 5.74) is 2.13. The van der Waals surface area contributed by atoms with Crippen LogP contribution in [0.4, 0.5) is 18.9 Å². The number of nitrogens with zero attached hydrogens (tertiary/aromatic N) is 2. The molecular weight excluding hydrogens is 447 g/mol. The number of aromatic nitrogens is 2. The van der Waals surface area contributed by atoms with E-state index in [1.54, 1.807) is 24.4 Å². The molecule has 32 heavy (non-hydrogen) atoms. The van der Waals surface area contributed by atoms with Crippen LogP contribution in [0, 0.1) is 0 Å². The van der Waals surface area contributed by atoms with Crippen LogP contribution in [-0.4, -0.2) is 31.3 Å². The third-order valence-corrected chi connectivity index (χ3v) is 5.85. The Labute approximate surface area is 181 Å². The number of anilines is 1.